The molecule has 4 heterocycles. The average molecular weight is 549 g/mol. The van der Waals surface area contributed by atoms with Crippen molar-refractivity contribution < 1.29 is 13.2 Å². The Hall–Kier alpha value is -3.24. The molecule has 0 unspecified atom stereocenters. The molecule has 3 aliphatic rings. The number of sulfonamides is 1. The van der Waals surface area contributed by atoms with Gasteiger partial charge < -0.3 is 15.4 Å². The molecule has 0 bridgehead atoms. The van der Waals surface area contributed by atoms with Gasteiger partial charge in [-0.05, 0) is 53.9 Å². The zero-order valence-electron chi connectivity index (χ0n) is 23.1. The molecular formula is C29H36N6O3S. The van der Waals surface area contributed by atoms with E-state index >= 15 is 0 Å². The van der Waals surface area contributed by atoms with Gasteiger partial charge in [0.2, 0.25) is 10.0 Å². The van der Waals surface area contributed by atoms with Crippen LogP contribution in [-0.4, -0.2) is 53.9 Å². The Kier molecular flexibility index (Phi) is 6.11. The summed E-state index contributed by atoms with van der Waals surface area (Å²) in [6.45, 7) is 11.5. The van der Waals surface area contributed by atoms with Gasteiger partial charge in [0, 0.05) is 48.2 Å². The van der Waals surface area contributed by atoms with Crippen molar-refractivity contribution in [2.24, 2.45) is 10.8 Å². The zero-order valence-corrected chi connectivity index (χ0v) is 23.9. The Labute approximate surface area is 230 Å². The third-order valence-corrected chi connectivity index (χ3v) is 9.91. The smallest absolute Gasteiger partial charge is 0.246 e. The first-order chi connectivity index (χ1) is 18.4. The normalized spacial score (nSPS) is 20.3. The number of aromatic nitrogens is 3. The van der Waals surface area contributed by atoms with E-state index in [0.717, 1.165) is 47.7 Å². The minimum Gasteiger partial charge on any atom is -0.491 e. The first-order valence-corrected chi connectivity index (χ1v) is 15.0. The summed E-state index contributed by atoms with van der Waals surface area (Å²) in [6.07, 6.45) is 6.35. The van der Waals surface area contributed by atoms with Gasteiger partial charge in [0.15, 0.2) is 0 Å². The molecule has 3 aromatic rings. The number of hydrogen-bond donors (Lipinski definition) is 1. The molecule has 0 atom stereocenters. The first kappa shape index (κ1) is 26.0. The molecule has 39 heavy (non-hydrogen) atoms. The zero-order chi connectivity index (χ0) is 27.6. The van der Waals surface area contributed by atoms with Crippen LogP contribution in [0.3, 0.4) is 0 Å². The van der Waals surface area contributed by atoms with Crippen LogP contribution in [0.25, 0.3) is 11.1 Å². The maximum atomic E-state index is 13.3. The van der Waals surface area contributed by atoms with Gasteiger partial charge in [0.05, 0.1) is 6.54 Å². The Bertz CT molecular complexity index is 1540. The van der Waals surface area contributed by atoms with E-state index in [-0.39, 0.29) is 21.5 Å². The van der Waals surface area contributed by atoms with Crippen LogP contribution in [0.4, 0.5) is 11.6 Å². The van der Waals surface area contributed by atoms with E-state index in [2.05, 4.69) is 48.6 Å². The Morgan fingerprint density at radius 1 is 1.00 bits per heavy atom. The van der Waals surface area contributed by atoms with Crippen LogP contribution in [0.1, 0.15) is 50.9 Å². The highest BCUT2D eigenvalue weighted by atomic mass is 32.2. The van der Waals surface area contributed by atoms with Gasteiger partial charge in [-0.2, -0.15) is 4.31 Å². The third-order valence-electron chi connectivity index (χ3n) is 8.09. The van der Waals surface area contributed by atoms with Crippen LogP contribution in [0, 0.1) is 10.8 Å². The molecule has 2 aliphatic heterocycles. The second kappa shape index (κ2) is 9.16. The highest BCUT2D eigenvalue weighted by Gasteiger charge is 2.43. The van der Waals surface area contributed by atoms with Crippen LogP contribution in [0.15, 0.2) is 41.7 Å². The van der Waals surface area contributed by atoms with Gasteiger partial charge in [0.25, 0.3) is 0 Å². The number of nitrogen functional groups attached to an aromatic ring is 1. The van der Waals surface area contributed by atoms with E-state index in [1.54, 1.807) is 18.6 Å². The van der Waals surface area contributed by atoms with Crippen molar-refractivity contribution in [3.63, 3.8) is 0 Å². The topological polar surface area (TPSA) is 115 Å². The molecule has 0 amide bonds. The number of rotatable bonds is 4. The van der Waals surface area contributed by atoms with Gasteiger partial charge in [-0.25, -0.2) is 23.4 Å². The molecule has 0 radical (unpaired) electrons. The summed E-state index contributed by atoms with van der Waals surface area (Å²) in [5.41, 5.74) is 11.2. The molecule has 1 saturated heterocycles. The molecule has 1 fully saturated rings. The molecule has 6 rings (SSSR count). The second-order valence-electron chi connectivity index (χ2n) is 12.6. The van der Waals surface area contributed by atoms with Crippen molar-refractivity contribution in [2.75, 3.05) is 36.9 Å². The Morgan fingerprint density at radius 2 is 1.79 bits per heavy atom. The van der Waals surface area contributed by atoms with E-state index in [4.69, 9.17) is 15.5 Å². The summed E-state index contributed by atoms with van der Waals surface area (Å²) in [5, 5.41) is 0. The summed E-state index contributed by atoms with van der Waals surface area (Å²) in [4.78, 5) is 15.9. The van der Waals surface area contributed by atoms with E-state index in [1.165, 1.54) is 9.87 Å². The van der Waals surface area contributed by atoms with Crippen LogP contribution in [0.5, 0.6) is 5.75 Å². The Morgan fingerprint density at radius 3 is 2.56 bits per heavy atom. The average Bonchev–Trinajstić information content (AvgIpc) is 3.08. The summed E-state index contributed by atoms with van der Waals surface area (Å²) in [6, 6.07) is 7.60. The molecule has 0 saturated carbocycles. The van der Waals surface area contributed by atoms with Crippen molar-refractivity contribution in [2.45, 2.75) is 58.4 Å². The lowest BCUT2D eigenvalue weighted by molar-refractivity contribution is 0.111. The van der Waals surface area contributed by atoms with E-state index < -0.39 is 10.0 Å². The minimum absolute atomic E-state index is 0.0178. The molecule has 206 valence electrons. The summed E-state index contributed by atoms with van der Waals surface area (Å²) in [5.74, 6) is 1.82. The standard InChI is InChI=1S/C29H36N6O3S/c1-28(2)8-7-23-22(13-28)27(33-18-32-23)34-9-10-38-24-6-5-19(11-21(24)15-34)20-12-25(26(30)31-14-20)39(36,37)35-16-29(3,4)17-35/h5-6,11-12,14,18H,7-10,13,15-17H2,1-4H3,(H2,30,31). The van der Waals surface area contributed by atoms with Crippen LogP contribution in [0.2, 0.25) is 0 Å². The highest BCUT2D eigenvalue weighted by molar-refractivity contribution is 7.89. The van der Waals surface area contributed by atoms with Crippen molar-refractivity contribution in [3.05, 3.63) is 53.6 Å². The predicted molar refractivity (Wildman–Crippen MR) is 151 cm³/mol. The van der Waals surface area contributed by atoms with Gasteiger partial charge in [0.1, 0.15) is 35.2 Å². The fraction of sp³-hybridized carbons (Fsp3) is 0.483. The van der Waals surface area contributed by atoms with E-state index in [1.807, 2.05) is 12.1 Å². The molecule has 1 aliphatic carbocycles. The maximum absolute atomic E-state index is 13.3. The van der Waals surface area contributed by atoms with E-state index in [0.29, 0.717) is 38.3 Å². The molecule has 9 nitrogen and oxygen atoms in total. The summed E-state index contributed by atoms with van der Waals surface area (Å²) < 4.78 is 34.2. The SMILES string of the molecule is CC1(C)CCc2ncnc(N3CCOc4ccc(-c5cnc(N)c(S(=O)(=O)N6CC(C)(C)C6)c5)cc4C3)c2C1. The van der Waals surface area contributed by atoms with E-state index in [9.17, 15) is 8.42 Å². The lowest BCUT2D eigenvalue weighted by atomic mass is 9.76. The number of benzene rings is 1. The number of fused-ring (bicyclic) bond motifs is 2. The molecule has 2 aromatic heterocycles. The van der Waals surface area contributed by atoms with Gasteiger partial charge in [-0.15, -0.1) is 0 Å². The Balaban J connectivity index is 1.32. The number of pyridine rings is 1. The number of ether oxygens (including phenoxy) is 1. The summed E-state index contributed by atoms with van der Waals surface area (Å²) in [7, 11) is -3.72. The van der Waals surface area contributed by atoms with Gasteiger partial charge in [-0.1, -0.05) is 33.8 Å². The summed E-state index contributed by atoms with van der Waals surface area (Å²) >= 11 is 0. The lowest BCUT2D eigenvalue weighted by Gasteiger charge is -2.44. The van der Waals surface area contributed by atoms with Crippen LogP contribution >= 0.6 is 0 Å². The maximum Gasteiger partial charge on any atom is 0.246 e. The van der Waals surface area contributed by atoms with Gasteiger partial charge >= 0.3 is 0 Å². The van der Waals surface area contributed by atoms with Crippen molar-refractivity contribution in [1.82, 2.24) is 19.3 Å². The van der Waals surface area contributed by atoms with Crippen LogP contribution < -0.4 is 15.4 Å². The molecule has 10 heteroatoms. The molecule has 0 spiro atoms. The largest absolute Gasteiger partial charge is 0.491 e. The fourth-order valence-electron chi connectivity index (χ4n) is 5.92. The molecule has 1 aromatic carbocycles. The molecule has 2 N–H and O–H groups in total. The second-order valence-corrected chi connectivity index (χ2v) is 14.5. The van der Waals surface area contributed by atoms with Crippen molar-refractivity contribution in [1.29, 1.82) is 0 Å². The monoisotopic (exact) mass is 548 g/mol. The number of nitrogens with two attached hydrogens (primary N) is 1. The van der Waals surface area contributed by atoms with Crippen LogP contribution in [-0.2, 0) is 29.4 Å². The molecular weight excluding hydrogens is 512 g/mol. The third kappa shape index (κ3) is 4.84. The van der Waals surface area contributed by atoms with Gasteiger partial charge in [-0.3, -0.25) is 0 Å². The number of anilines is 2. The lowest BCUT2D eigenvalue weighted by Crippen LogP contribution is -2.55. The number of aryl methyl sites for hydroxylation is 1. The predicted octanol–water partition coefficient (Wildman–Crippen LogP) is 4.07. The fourth-order valence-corrected chi connectivity index (χ4v) is 7.83. The number of nitrogens with zero attached hydrogens (tertiary/aromatic N) is 5. The number of hydrogen-bond acceptors (Lipinski definition) is 8. The quantitative estimate of drug-likeness (QED) is 0.519. The van der Waals surface area contributed by atoms with Crippen molar-refractivity contribution in [3.8, 4) is 16.9 Å². The minimum atomic E-state index is -3.72. The van der Waals surface area contributed by atoms with Crippen molar-refractivity contribution >= 4 is 21.7 Å². The highest BCUT2D eigenvalue weighted by Crippen LogP contribution is 2.40. The first-order valence-electron chi connectivity index (χ1n) is 13.5.